The Balaban J connectivity index is 1.88. The smallest absolute Gasteiger partial charge is 0.398 e. The number of hydrogen-bond acceptors (Lipinski definition) is 6. The van der Waals surface area contributed by atoms with Gasteiger partial charge in [0.15, 0.2) is 0 Å². The highest BCUT2D eigenvalue weighted by atomic mass is 19.4. The molecule has 0 radical (unpaired) electrons. The van der Waals surface area contributed by atoms with Crippen molar-refractivity contribution in [1.29, 1.82) is 0 Å². The fourth-order valence-corrected chi connectivity index (χ4v) is 3.92. The lowest BCUT2D eigenvalue weighted by atomic mass is 9.87. The monoisotopic (exact) mass is 478 g/mol. The van der Waals surface area contributed by atoms with Crippen LogP contribution in [0.1, 0.15) is 66.8 Å². The average molecular weight is 479 g/mol. The van der Waals surface area contributed by atoms with Gasteiger partial charge in [-0.25, -0.2) is 4.98 Å². The number of alkyl halides is 3. The maximum absolute atomic E-state index is 13.0. The lowest BCUT2D eigenvalue weighted by molar-refractivity contribution is -0.141. The summed E-state index contributed by atoms with van der Waals surface area (Å²) in [7, 11) is 0. The Labute approximate surface area is 195 Å². The van der Waals surface area contributed by atoms with Crippen LogP contribution in [0, 0.1) is 5.92 Å². The number of anilines is 2. The largest absolute Gasteiger partial charge is 0.433 e. The number of amides is 1. The van der Waals surface area contributed by atoms with Gasteiger partial charge in [0.2, 0.25) is 0 Å². The van der Waals surface area contributed by atoms with Crippen LogP contribution < -0.4 is 11.1 Å². The molecule has 1 aromatic heterocycles. The summed E-state index contributed by atoms with van der Waals surface area (Å²) in [6.07, 6.45) is 0.373. The van der Waals surface area contributed by atoms with Crippen molar-refractivity contribution in [3.8, 4) is 0 Å². The molecule has 3 rings (SSSR count). The predicted molar refractivity (Wildman–Crippen MR) is 124 cm³/mol. The molecule has 0 aliphatic heterocycles. The molecule has 1 saturated carbocycles. The van der Waals surface area contributed by atoms with E-state index in [1.165, 1.54) is 32.0 Å². The predicted octanol–water partition coefficient (Wildman–Crippen LogP) is 4.13. The Bertz CT molecular complexity index is 1060. The third-order valence-corrected chi connectivity index (χ3v) is 5.90. The Morgan fingerprint density at radius 2 is 1.91 bits per heavy atom. The number of aliphatic hydroxyl groups is 2. The van der Waals surface area contributed by atoms with Crippen LogP contribution in [0.5, 0.6) is 0 Å². The van der Waals surface area contributed by atoms with Gasteiger partial charge in [0.05, 0.1) is 5.60 Å². The summed E-state index contributed by atoms with van der Waals surface area (Å²) in [6.45, 7) is 3.19. The Morgan fingerprint density at radius 3 is 2.50 bits per heavy atom. The second-order valence-electron chi connectivity index (χ2n) is 9.08. The van der Waals surface area contributed by atoms with E-state index in [2.05, 4.69) is 15.3 Å². The fourth-order valence-electron chi connectivity index (χ4n) is 3.92. The minimum atomic E-state index is -4.68. The van der Waals surface area contributed by atoms with Crippen LogP contribution in [-0.2, 0) is 11.8 Å². The highest BCUT2D eigenvalue weighted by molar-refractivity contribution is 6.04. The summed E-state index contributed by atoms with van der Waals surface area (Å²) in [6, 6.07) is 6.20. The van der Waals surface area contributed by atoms with Gasteiger partial charge in [-0.05, 0) is 69.7 Å². The number of rotatable bonds is 6. The molecule has 1 amide bonds. The molecule has 1 fully saturated rings. The molecule has 0 bridgehead atoms. The summed E-state index contributed by atoms with van der Waals surface area (Å²) < 4.78 is 39.0. The third-order valence-electron chi connectivity index (χ3n) is 5.90. The molecule has 0 saturated heterocycles. The lowest BCUT2D eigenvalue weighted by Gasteiger charge is -2.25. The fraction of sp³-hybridized carbons (Fsp3) is 0.458. The summed E-state index contributed by atoms with van der Waals surface area (Å²) in [4.78, 5) is 20.7. The van der Waals surface area contributed by atoms with Crippen LogP contribution in [0.15, 0.2) is 35.3 Å². The van der Waals surface area contributed by atoms with Gasteiger partial charge in [-0.15, -0.1) is 0 Å². The van der Waals surface area contributed by atoms with Crippen LogP contribution in [0.2, 0.25) is 0 Å². The van der Waals surface area contributed by atoms with Crippen molar-refractivity contribution in [2.45, 2.75) is 57.3 Å². The number of aliphatic imine (C=N–C) groups is 1. The van der Waals surface area contributed by atoms with Gasteiger partial charge < -0.3 is 21.3 Å². The average Bonchev–Trinajstić information content (AvgIpc) is 2.78. The SMILES string of the molecule is CC(C)(O)c1cc(N)c(C=NC2CCC(CO)CC2)cc1NC(=O)c1cccc(C(F)(F)F)n1. The van der Waals surface area contributed by atoms with Crippen LogP contribution in [0.4, 0.5) is 24.5 Å². The van der Waals surface area contributed by atoms with Gasteiger partial charge in [-0.3, -0.25) is 9.79 Å². The Kier molecular flexibility index (Phi) is 7.62. The molecule has 7 nitrogen and oxygen atoms in total. The van der Waals surface area contributed by atoms with Crippen LogP contribution in [0.25, 0.3) is 0 Å². The van der Waals surface area contributed by atoms with E-state index in [1.807, 2.05) is 0 Å². The Hall–Kier alpha value is -2.98. The second kappa shape index (κ2) is 10.1. The van der Waals surface area contributed by atoms with E-state index >= 15 is 0 Å². The minimum absolute atomic E-state index is 0.0866. The number of nitrogens with one attached hydrogen (secondary N) is 1. The number of carbonyl (C=O) groups excluding carboxylic acids is 1. The molecule has 1 aliphatic carbocycles. The number of nitrogen functional groups attached to an aromatic ring is 1. The van der Waals surface area contributed by atoms with Crippen molar-refractivity contribution in [2.75, 3.05) is 17.7 Å². The van der Waals surface area contributed by atoms with Gasteiger partial charge in [-0.2, -0.15) is 13.2 Å². The number of nitrogens with zero attached hydrogens (tertiary/aromatic N) is 2. The summed E-state index contributed by atoms with van der Waals surface area (Å²) in [5.74, 6) is -0.555. The van der Waals surface area contributed by atoms with E-state index in [1.54, 1.807) is 6.21 Å². The van der Waals surface area contributed by atoms with Crippen LogP contribution >= 0.6 is 0 Å². The molecule has 34 heavy (non-hydrogen) atoms. The molecular formula is C24H29F3N4O3. The zero-order valence-corrected chi connectivity index (χ0v) is 19.1. The number of aliphatic hydroxyl groups excluding tert-OH is 1. The summed E-state index contributed by atoms with van der Waals surface area (Å²) in [5, 5.41) is 22.4. The van der Waals surface area contributed by atoms with E-state index < -0.39 is 29.1 Å². The summed E-state index contributed by atoms with van der Waals surface area (Å²) >= 11 is 0. The van der Waals surface area contributed by atoms with Crippen molar-refractivity contribution < 1.29 is 28.2 Å². The van der Waals surface area contributed by atoms with E-state index in [4.69, 9.17) is 5.73 Å². The lowest BCUT2D eigenvalue weighted by Crippen LogP contribution is -2.23. The van der Waals surface area contributed by atoms with E-state index in [-0.39, 0.29) is 18.3 Å². The van der Waals surface area contributed by atoms with Gasteiger partial charge in [0.1, 0.15) is 11.4 Å². The van der Waals surface area contributed by atoms with Crippen molar-refractivity contribution in [3.05, 3.63) is 52.8 Å². The number of hydrogen-bond donors (Lipinski definition) is 4. The number of nitrogens with two attached hydrogens (primary N) is 1. The number of carbonyl (C=O) groups is 1. The first kappa shape index (κ1) is 25.6. The van der Waals surface area contributed by atoms with Gasteiger partial charge in [-0.1, -0.05) is 6.07 Å². The molecule has 0 spiro atoms. The number of halogens is 3. The van der Waals surface area contributed by atoms with E-state index in [9.17, 15) is 28.2 Å². The molecule has 1 heterocycles. The quantitative estimate of drug-likeness (QED) is 0.368. The second-order valence-corrected chi connectivity index (χ2v) is 9.08. The van der Waals surface area contributed by atoms with Gasteiger partial charge >= 0.3 is 6.18 Å². The zero-order chi connectivity index (χ0) is 25.1. The Morgan fingerprint density at radius 1 is 1.24 bits per heavy atom. The molecule has 10 heteroatoms. The topological polar surface area (TPSA) is 121 Å². The van der Waals surface area contributed by atoms with Crippen LogP contribution in [-0.4, -0.2) is 40.0 Å². The van der Waals surface area contributed by atoms with Crippen molar-refractivity contribution in [1.82, 2.24) is 4.98 Å². The summed E-state index contributed by atoms with van der Waals surface area (Å²) in [5.41, 5.74) is 4.51. The van der Waals surface area contributed by atoms with Crippen LogP contribution in [0.3, 0.4) is 0 Å². The molecule has 5 N–H and O–H groups in total. The highest BCUT2D eigenvalue weighted by Crippen LogP contribution is 2.33. The maximum Gasteiger partial charge on any atom is 0.433 e. The van der Waals surface area contributed by atoms with Crippen molar-refractivity contribution in [3.63, 3.8) is 0 Å². The standard InChI is InChI=1S/C24H29F3N4O3/c1-23(2,34)17-11-18(28)15(12-29-16-8-6-14(13-32)7-9-16)10-20(17)31-22(33)19-4-3-5-21(30-19)24(25,26)27/h3-5,10-12,14,16,32,34H,6-9,13,28H2,1-2H3,(H,31,33). The van der Waals surface area contributed by atoms with Gasteiger partial charge in [0.25, 0.3) is 5.91 Å². The highest BCUT2D eigenvalue weighted by Gasteiger charge is 2.33. The molecule has 0 unspecified atom stereocenters. The molecule has 184 valence electrons. The minimum Gasteiger partial charge on any atom is -0.398 e. The first-order valence-electron chi connectivity index (χ1n) is 11.0. The molecule has 1 aromatic carbocycles. The van der Waals surface area contributed by atoms with Gasteiger partial charge in [0, 0.05) is 41.4 Å². The molecule has 1 aliphatic rings. The third kappa shape index (κ3) is 6.32. The molecule has 2 aromatic rings. The van der Waals surface area contributed by atoms with E-state index in [0.29, 0.717) is 22.7 Å². The number of aromatic nitrogens is 1. The zero-order valence-electron chi connectivity index (χ0n) is 19.1. The maximum atomic E-state index is 13.0. The number of pyridine rings is 1. The van der Waals surface area contributed by atoms with Crippen molar-refractivity contribution in [2.24, 2.45) is 10.9 Å². The van der Waals surface area contributed by atoms with E-state index in [0.717, 1.165) is 37.8 Å². The first-order chi connectivity index (χ1) is 15.9. The molecular weight excluding hydrogens is 449 g/mol. The number of benzene rings is 1. The molecule has 0 atom stereocenters. The normalized spacial score (nSPS) is 19.4. The first-order valence-corrected chi connectivity index (χ1v) is 11.0. The van der Waals surface area contributed by atoms with Crippen molar-refractivity contribution >= 4 is 23.5 Å².